The van der Waals surface area contributed by atoms with Gasteiger partial charge in [0.25, 0.3) is 0 Å². The predicted molar refractivity (Wildman–Crippen MR) is 68.9 cm³/mol. The summed E-state index contributed by atoms with van der Waals surface area (Å²) >= 11 is 0. The van der Waals surface area contributed by atoms with Gasteiger partial charge in [-0.05, 0) is 20.4 Å². The quantitative estimate of drug-likeness (QED) is 0.717. The Balaban J connectivity index is 0.000000606. The van der Waals surface area contributed by atoms with Gasteiger partial charge >= 0.3 is 0 Å². The number of likely N-dealkylation sites (N-methyl/N-ethyl adjacent to an activating group) is 1. The SMILES string of the molecule is CC.CCN1CC(N2CCOC(C)(C)C2)C1. The summed E-state index contributed by atoms with van der Waals surface area (Å²) < 4.78 is 5.71. The van der Waals surface area contributed by atoms with Crippen molar-refractivity contribution in [1.82, 2.24) is 9.80 Å². The Labute approximate surface area is 101 Å². The zero-order valence-corrected chi connectivity index (χ0v) is 11.6. The van der Waals surface area contributed by atoms with Crippen LogP contribution in [0.15, 0.2) is 0 Å². The molecule has 0 atom stereocenters. The molecule has 0 N–H and O–H groups in total. The fourth-order valence-corrected chi connectivity index (χ4v) is 2.40. The number of ether oxygens (including phenoxy) is 1. The van der Waals surface area contributed by atoms with E-state index in [1.807, 2.05) is 13.8 Å². The van der Waals surface area contributed by atoms with Crippen LogP contribution in [0.5, 0.6) is 0 Å². The molecule has 0 aromatic rings. The first kappa shape index (κ1) is 13.9. The van der Waals surface area contributed by atoms with Crippen molar-refractivity contribution in [3.8, 4) is 0 Å². The van der Waals surface area contributed by atoms with Gasteiger partial charge in [-0.1, -0.05) is 20.8 Å². The van der Waals surface area contributed by atoms with E-state index in [9.17, 15) is 0 Å². The maximum Gasteiger partial charge on any atom is 0.0753 e. The van der Waals surface area contributed by atoms with E-state index in [0.717, 1.165) is 25.7 Å². The van der Waals surface area contributed by atoms with Crippen LogP contribution < -0.4 is 0 Å². The molecular weight excluding hydrogens is 200 g/mol. The zero-order chi connectivity index (χ0) is 12.2. The summed E-state index contributed by atoms with van der Waals surface area (Å²) in [6.07, 6.45) is 0. The molecule has 0 saturated carbocycles. The number of hydrogen-bond donors (Lipinski definition) is 0. The van der Waals surface area contributed by atoms with Crippen LogP contribution >= 0.6 is 0 Å². The van der Waals surface area contributed by atoms with Crippen LogP contribution in [-0.2, 0) is 4.74 Å². The van der Waals surface area contributed by atoms with Gasteiger partial charge in [0.1, 0.15) is 0 Å². The van der Waals surface area contributed by atoms with E-state index in [-0.39, 0.29) is 5.60 Å². The van der Waals surface area contributed by atoms with E-state index in [1.54, 1.807) is 0 Å². The summed E-state index contributed by atoms with van der Waals surface area (Å²) in [5.41, 5.74) is 0.0604. The standard InChI is InChI=1S/C11H22N2O.C2H6/c1-4-12-7-10(8-12)13-5-6-14-11(2,3)9-13;1-2/h10H,4-9H2,1-3H3;1-2H3. The molecule has 2 saturated heterocycles. The summed E-state index contributed by atoms with van der Waals surface area (Å²) in [5.74, 6) is 0. The lowest BCUT2D eigenvalue weighted by atomic mass is 10.0. The van der Waals surface area contributed by atoms with Crippen LogP contribution in [0.25, 0.3) is 0 Å². The highest BCUT2D eigenvalue weighted by atomic mass is 16.5. The Morgan fingerprint density at radius 2 is 1.88 bits per heavy atom. The molecule has 2 aliphatic rings. The average molecular weight is 228 g/mol. The molecule has 0 bridgehead atoms. The van der Waals surface area contributed by atoms with Crippen LogP contribution in [0, 0.1) is 0 Å². The van der Waals surface area contributed by atoms with E-state index in [2.05, 4.69) is 30.6 Å². The molecule has 2 rings (SSSR count). The highest BCUT2D eigenvalue weighted by Crippen LogP contribution is 2.22. The first-order chi connectivity index (χ1) is 7.61. The molecule has 96 valence electrons. The number of hydrogen-bond acceptors (Lipinski definition) is 3. The smallest absolute Gasteiger partial charge is 0.0753 e. The summed E-state index contributed by atoms with van der Waals surface area (Å²) in [6.45, 7) is 17.4. The van der Waals surface area contributed by atoms with E-state index in [4.69, 9.17) is 4.74 Å². The molecule has 0 aliphatic carbocycles. The molecule has 3 heteroatoms. The topological polar surface area (TPSA) is 15.7 Å². The van der Waals surface area contributed by atoms with Crippen LogP contribution in [0.4, 0.5) is 0 Å². The third-order valence-electron chi connectivity index (χ3n) is 3.36. The first-order valence-electron chi connectivity index (χ1n) is 6.71. The van der Waals surface area contributed by atoms with Crippen LogP contribution in [0.2, 0.25) is 0 Å². The van der Waals surface area contributed by atoms with Gasteiger partial charge in [0.2, 0.25) is 0 Å². The van der Waals surface area contributed by atoms with Crippen LogP contribution in [0.3, 0.4) is 0 Å². The second kappa shape index (κ2) is 5.99. The molecule has 16 heavy (non-hydrogen) atoms. The van der Waals surface area contributed by atoms with Crippen LogP contribution in [0.1, 0.15) is 34.6 Å². The van der Waals surface area contributed by atoms with Gasteiger partial charge in [-0.25, -0.2) is 0 Å². The Morgan fingerprint density at radius 3 is 2.38 bits per heavy atom. The second-order valence-electron chi connectivity index (χ2n) is 5.08. The Morgan fingerprint density at radius 1 is 1.25 bits per heavy atom. The lowest BCUT2D eigenvalue weighted by Gasteiger charge is -2.49. The summed E-state index contributed by atoms with van der Waals surface area (Å²) in [7, 11) is 0. The van der Waals surface area contributed by atoms with Gasteiger partial charge in [-0.2, -0.15) is 0 Å². The van der Waals surface area contributed by atoms with E-state index in [1.165, 1.54) is 19.6 Å². The number of morpholine rings is 1. The molecular formula is C13H28N2O. The zero-order valence-electron chi connectivity index (χ0n) is 11.6. The third-order valence-corrected chi connectivity index (χ3v) is 3.36. The number of likely N-dealkylation sites (tertiary alicyclic amines) is 1. The minimum absolute atomic E-state index is 0.0604. The second-order valence-corrected chi connectivity index (χ2v) is 5.08. The van der Waals surface area contributed by atoms with Gasteiger partial charge in [-0.15, -0.1) is 0 Å². The first-order valence-corrected chi connectivity index (χ1v) is 6.71. The van der Waals surface area contributed by atoms with E-state index in [0.29, 0.717) is 0 Å². The van der Waals surface area contributed by atoms with Crippen molar-refractivity contribution in [2.24, 2.45) is 0 Å². The predicted octanol–water partition coefficient (Wildman–Crippen LogP) is 1.83. The molecule has 0 amide bonds. The Hall–Kier alpha value is -0.120. The minimum Gasteiger partial charge on any atom is -0.373 e. The van der Waals surface area contributed by atoms with E-state index >= 15 is 0 Å². The highest BCUT2D eigenvalue weighted by Gasteiger charge is 2.36. The fraction of sp³-hybridized carbons (Fsp3) is 1.00. The monoisotopic (exact) mass is 228 g/mol. The van der Waals surface area contributed by atoms with Crippen molar-refractivity contribution in [1.29, 1.82) is 0 Å². The van der Waals surface area contributed by atoms with Gasteiger partial charge in [0, 0.05) is 32.2 Å². The Kier molecular flexibility index (Phi) is 5.22. The molecule has 0 spiro atoms. The fourth-order valence-electron chi connectivity index (χ4n) is 2.40. The normalized spacial score (nSPS) is 26.8. The molecule has 2 fully saturated rings. The molecule has 2 aliphatic heterocycles. The maximum absolute atomic E-state index is 5.71. The lowest BCUT2D eigenvalue weighted by Crippen LogP contribution is -2.63. The van der Waals surface area contributed by atoms with E-state index < -0.39 is 0 Å². The van der Waals surface area contributed by atoms with Crippen molar-refractivity contribution in [2.45, 2.75) is 46.3 Å². The number of nitrogens with zero attached hydrogens (tertiary/aromatic N) is 2. The molecule has 2 heterocycles. The highest BCUT2D eigenvalue weighted by molar-refractivity contribution is 4.91. The van der Waals surface area contributed by atoms with Crippen molar-refractivity contribution in [3.63, 3.8) is 0 Å². The molecule has 3 nitrogen and oxygen atoms in total. The lowest BCUT2D eigenvalue weighted by molar-refractivity contribution is -0.114. The third kappa shape index (κ3) is 3.44. The van der Waals surface area contributed by atoms with Crippen molar-refractivity contribution in [3.05, 3.63) is 0 Å². The van der Waals surface area contributed by atoms with Crippen molar-refractivity contribution >= 4 is 0 Å². The maximum atomic E-state index is 5.71. The summed E-state index contributed by atoms with van der Waals surface area (Å²) in [5, 5.41) is 0. The average Bonchev–Trinajstić information content (AvgIpc) is 2.18. The van der Waals surface area contributed by atoms with Crippen molar-refractivity contribution < 1.29 is 4.74 Å². The van der Waals surface area contributed by atoms with Crippen molar-refractivity contribution in [2.75, 3.05) is 39.3 Å². The molecule has 0 aromatic heterocycles. The van der Waals surface area contributed by atoms with Gasteiger partial charge in [-0.3, -0.25) is 4.90 Å². The Bertz CT molecular complexity index is 200. The van der Waals surface area contributed by atoms with Gasteiger partial charge in [0.05, 0.1) is 12.2 Å². The molecule has 0 unspecified atom stereocenters. The molecule has 0 radical (unpaired) electrons. The molecule has 0 aromatic carbocycles. The van der Waals surface area contributed by atoms with Gasteiger partial charge in [0.15, 0.2) is 0 Å². The minimum atomic E-state index is 0.0604. The summed E-state index contributed by atoms with van der Waals surface area (Å²) in [6, 6.07) is 0.790. The summed E-state index contributed by atoms with van der Waals surface area (Å²) in [4.78, 5) is 5.09. The number of rotatable bonds is 2. The largest absolute Gasteiger partial charge is 0.373 e. The van der Waals surface area contributed by atoms with Gasteiger partial charge < -0.3 is 9.64 Å². The van der Waals surface area contributed by atoms with Crippen LogP contribution in [-0.4, -0.2) is 60.8 Å².